The summed E-state index contributed by atoms with van der Waals surface area (Å²) >= 11 is 3.95. The van der Waals surface area contributed by atoms with Crippen molar-refractivity contribution in [3.63, 3.8) is 0 Å². The molecular formula is C16H29NOS. The Kier molecular flexibility index (Phi) is 11.0. The van der Waals surface area contributed by atoms with Gasteiger partial charge in [0.2, 0.25) is 0 Å². The summed E-state index contributed by atoms with van der Waals surface area (Å²) in [5.41, 5.74) is 7.07. The minimum atomic E-state index is -0.453. The molecule has 0 radical (unpaired) electrons. The van der Waals surface area contributed by atoms with Gasteiger partial charge in [0.1, 0.15) is 0 Å². The number of aliphatic hydroxyl groups is 1. The first kappa shape index (κ1) is 18.5. The second kappa shape index (κ2) is 11.3. The molecule has 2 atom stereocenters. The SMILES string of the molecule is CC(C)CC(N)C(O)CS.CCCc1ccccc1. The standard InChI is InChI=1S/C9H12.C7H17NOS/c1-2-6-9-7-4-3-5-8-9;1-5(2)3-6(8)7(9)4-10/h3-5,7-8H,2,6H2,1H3;5-7,9-10H,3-4,8H2,1-2H3. The fourth-order valence-electron chi connectivity index (χ4n) is 1.77. The zero-order valence-electron chi connectivity index (χ0n) is 12.4. The quantitative estimate of drug-likeness (QED) is 0.702. The highest BCUT2D eigenvalue weighted by Gasteiger charge is 2.13. The van der Waals surface area contributed by atoms with Gasteiger partial charge in [0.25, 0.3) is 0 Å². The molecule has 1 aromatic carbocycles. The number of hydrogen-bond donors (Lipinski definition) is 3. The Labute approximate surface area is 123 Å². The van der Waals surface area contributed by atoms with Gasteiger partial charge < -0.3 is 10.8 Å². The van der Waals surface area contributed by atoms with Crippen molar-refractivity contribution < 1.29 is 5.11 Å². The molecular weight excluding hydrogens is 254 g/mol. The lowest BCUT2D eigenvalue weighted by Gasteiger charge is -2.18. The first-order chi connectivity index (χ1) is 9.01. The minimum absolute atomic E-state index is 0.113. The maximum atomic E-state index is 9.17. The van der Waals surface area contributed by atoms with Gasteiger partial charge in [0.15, 0.2) is 0 Å². The molecule has 0 aliphatic rings. The van der Waals surface area contributed by atoms with Crippen molar-refractivity contribution in [2.45, 2.75) is 52.2 Å². The highest BCUT2D eigenvalue weighted by molar-refractivity contribution is 7.80. The maximum Gasteiger partial charge on any atom is 0.0778 e. The zero-order valence-corrected chi connectivity index (χ0v) is 13.3. The fraction of sp³-hybridized carbons (Fsp3) is 0.625. The molecule has 2 nitrogen and oxygen atoms in total. The summed E-state index contributed by atoms with van der Waals surface area (Å²) in [5, 5.41) is 9.17. The topological polar surface area (TPSA) is 46.2 Å². The number of hydrogen-bond acceptors (Lipinski definition) is 3. The van der Waals surface area contributed by atoms with Crippen molar-refractivity contribution in [2.24, 2.45) is 11.7 Å². The zero-order chi connectivity index (χ0) is 14.7. The molecule has 1 aromatic rings. The second-order valence-electron chi connectivity index (χ2n) is 5.28. The fourth-order valence-corrected chi connectivity index (χ4v) is 2.04. The van der Waals surface area contributed by atoms with E-state index in [2.05, 4.69) is 63.7 Å². The molecule has 0 aliphatic heterocycles. The molecule has 0 fully saturated rings. The molecule has 0 saturated carbocycles. The van der Waals surface area contributed by atoms with Crippen molar-refractivity contribution in [1.29, 1.82) is 0 Å². The van der Waals surface area contributed by atoms with Crippen LogP contribution in [-0.2, 0) is 6.42 Å². The summed E-state index contributed by atoms with van der Waals surface area (Å²) in [4.78, 5) is 0. The van der Waals surface area contributed by atoms with E-state index in [9.17, 15) is 5.11 Å². The summed E-state index contributed by atoms with van der Waals surface area (Å²) < 4.78 is 0. The van der Waals surface area contributed by atoms with E-state index in [-0.39, 0.29) is 6.04 Å². The van der Waals surface area contributed by atoms with Crippen LogP contribution in [0.5, 0.6) is 0 Å². The smallest absolute Gasteiger partial charge is 0.0778 e. The van der Waals surface area contributed by atoms with Gasteiger partial charge >= 0.3 is 0 Å². The van der Waals surface area contributed by atoms with E-state index in [1.165, 1.54) is 18.4 Å². The minimum Gasteiger partial charge on any atom is -0.391 e. The second-order valence-corrected chi connectivity index (χ2v) is 5.64. The third-order valence-corrected chi connectivity index (χ3v) is 3.18. The number of aryl methyl sites for hydroxylation is 1. The van der Waals surface area contributed by atoms with Crippen LogP contribution in [0.25, 0.3) is 0 Å². The number of nitrogens with two attached hydrogens (primary N) is 1. The molecule has 0 aliphatic carbocycles. The summed E-state index contributed by atoms with van der Waals surface area (Å²) in [6.07, 6.45) is 2.86. The third kappa shape index (κ3) is 10.00. The molecule has 0 heterocycles. The number of rotatable bonds is 6. The predicted octanol–water partition coefficient (Wildman–Crippen LogP) is 3.29. The Bertz CT molecular complexity index is 303. The highest BCUT2D eigenvalue weighted by atomic mass is 32.1. The van der Waals surface area contributed by atoms with Crippen LogP contribution in [0.15, 0.2) is 30.3 Å². The normalized spacial score (nSPS) is 13.6. The first-order valence-corrected chi connectivity index (χ1v) is 7.72. The Morgan fingerprint density at radius 1 is 1.21 bits per heavy atom. The highest BCUT2D eigenvalue weighted by Crippen LogP contribution is 2.06. The van der Waals surface area contributed by atoms with E-state index >= 15 is 0 Å². The lowest BCUT2D eigenvalue weighted by molar-refractivity contribution is 0.157. The lowest BCUT2D eigenvalue weighted by Crippen LogP contribution is -2.36. The summed E-state index contributed by atoms with van der Waals surface area (Å²) in [5.74, 6) is 0.998. The van der Waals surface area contributed by atoms with Crippen LogP contribution in [0, 0.1) is 5.92 Å². The van der Waals surface area contributed by atoms with Crippen molar-refractivity contribution in [3.8, 4) is 0 Å². The van der Waals surface area contributed by atoms with Crippen molar-refractivity contribution in [2.75, 3.05) is 5.75 Å². The molecule has 2 unspecified atom stereocenters. The molecule has 1 rings (SSSR count). The van der Waals surface area contributed by atoms with E-state index in [4.69, 9.17) is 5.73 Å². The van der Waals surface area contributed by atoms with Crippen molar-refractivity contribution in [1.82, 2.24) is 0 Å². The molecule has 0 spiro atoms. The van der Waals surface area contributed by atoms with Gasteiger partial charge in [-0.25, -0.2) is 0 Å². The van der Waals surface area contributed by atoms with Crippen molar-refractivity contribution in [3.05, 3.63) is 35.9 Å². The Morgan fingerprint density at radius 3 is 2.21 bits per heavy atom. The molecule has 19 heavy (non-hydrogen) atoms. The first-order valence-electron chi connectivity index (χ1n) is 7.09. The van der Waals surface area contributed by atoms with E-state index in [1.807, 2.05) is 0 Å². The molecule has 3 heteroatoms. The van der Waals surface area contributed by atoms with Crippen LogP contribution in [0.3, 0.4) is 0 Å². The molecule has 110 valence electrons. The number of aliphatic hydroxyl groups excluding tert-OH is 1. The van der Waals surface area contributed by atoms with Crippen LogP contribution in [0.4, 0.5) is 0 Å². The summed E-state index contributed by atoms with van der Waals surface area (Å²) in [6.45, 7) is 6.38. The van der Waals surface area contributed by atoms with Crippen molar-refractivity contribution >= 4 is 12.6 Å². The van der Waals surface area contributed by atoms with Crippen LogP contribution >= 0.6 is 12.6 Å². The van der Waals surface area contributed by atoms with Crippen LogP contribution in [0.1, 0.15) is 39.2 Å². The van der Waals surface area contributed by atoms with Crippen LogP contribution in [0.2, 0.25) is 0 Å². The van der Waals surface area contributed by atoms with Crippen LogP contribution < -0.4 is 5.73 Å². The average Bonchev–Trinajstić information content (AvgIpc) is 2.39. The monoisotopic (exact) mass is 283 g/mol. The number of benzene rings is 1. The largest absolute Gasteiger partial charge is 0.391 e. The summed E-state index contributed by atoms with van der Waals surface area (Å²) in [7, 11) is 0. The van der Waals surface area contributed by atoms with Gasteiger partial charge in [-0.3, -0.25) is 0 Å². The molecule has 0 saturated heterocycles. The van der Waals surface area contributed by atoms with E-state index in [0.717, 1.165) is 6.42 Å². The average molecular weight is 283 g/mol. The van der Waals surface area contributed by atoms with E-state index in [0.29, 0.717) is 11.7 Å². The van der Waals surface area contributed by atoms with Gasteiger partial charge in [0.05, 0.1) is 6.10 Å². The van der Waals surface area contributed by atoms with E-state index in [1.54, 1.807) is 0 Å². The van der Waals surface area contributed by atoms with Gasteiger partial charge in [-0.1, -0.05) is 57.5 Å². The maximum absolute atomic E-state index is 9.17. The van der Waals surface area contributed by atoms with Crippen LogP contribution in [-0.4, -0.2) is 23.0 Å². The molecule has 0 aromatic heterocycles. The van der Waals surface area contributed by atoms with Gasteiger partial charge in [0, 0.05) is 11.8 Å². The van der Waals surface area contributed by atoms with Gasteiger partial charge in [-0.15, -0.1) is 0 Å². The molecule has 3 N–H and O–H groups in total. The van der Waals surface area contributed by atoms with Gasteiger partial charge in [-0.05, 0) is 24.3 Å². The Balaban J connectivity index is 0.000000342. The lowest BCUT2D eigenvalue weighted by atomic mass is 10.0. The Hall–Kier alpha value is -0.510. The molecule has 0 amide bonds. The Morgan fingerprint density at radius 2 is 1.79 bits per heavy atom. The third-order valence-electron chi connectivity index (χ3n) is 2.81. The predicted molar refractivity (Wildman–Crippen MR) is 87.7 cm³/mol. The molecule has 0 bridgehead atoms. The number of thiol groups is 1. The summed E-state index contributed by atoms with van der Waals surface area (Å²) in [6, 6.07) is 10.5. The van der Waals surface area contributed by atoms with E-state index < -0.39 is 6.10 Å². The van der Waals surface area contributed by atoms with Gasteiger partial charge in [-0.2, -0.15) is 12.6 Å².